The zero-order chi connectivity index (χ0) is 16.3. The number of nitrogens with zero attached hydrogens (tertiary/aromatic N) is 2. The smallest absolute Gasteiger partial charge is 0.405 e. The minimum Gasteiger partial charge on any atom is -0.437 e. The number of aromatic nitrogens is 1. The average molecular weight is 303 g/mol. The van der Waals surface area contributed by atoms with Gasteiger partial charge in [-0.15, -0.1) is 0 Å². The van der Waals surface area contributed by atoms with Crippen molar-refractivity contribution in [2.75, 3.05) is 20.6 Å². The van der Waals surface area contributed by atoms with Gasteiger partial charge in [0.25, 0.3) is 5.91 Å². The highest BCUT2D eigenvalue weighted by Crippen LogP contribution is 2.22. The van der Waals surface area contributed by atoms with Crippen molar-refractivity contribution in [1.29, 1.82) is 0 Å². The lowest BCUT2D eigenvalue weighted by Crippen LogP contribution is -2.30. The number of rotatable bonds is 5. The largest absolute Gasteiger partial charge is 0.437 e. The molecule has 0 unspecified atom stereocenters. The second-order valence-corrected chi connectivity index (χ2v) is 5.51. The van der Waals surface area contributed by atoms with Crippen LogP contribution in [0.1, 0.15) is 17.3 Å². The summed E-state index contributed by atoms with van der Waals surface area (Å²) in [6.45, 7) is 2.40. The van der Waals surface area contributed by atoms with Crippen LogP contribution in [0, 0.1) is 0 Å². The van der Waals surface area contributed by atoms with Crippen molar-refractivity contribution in [2.24, 2.45) is 5.73 Å². The van der Waals surface area contributed by atoms with E-state index in [4.69, 9.17) is 10.5 Å². The van der Waals surface area contributed by atoms with Crippen molar-refractivity contribution in [3.05, 3.63) is 36.0 Å². The standard InChI is InChI=1S/C16H21N3O3/c1-11(22-16(17)21)15(20)19-10-12(8-9-18(2)3)13-6-4-5-7-14(13)19/h4-7,10-11H,8-9H2,1-3H3,(H2,17,21)/t11-/m0/s1. The Morgan fingerprint density at radius 2 is 2.00 bits per heavy atom. The Hall–Kier alpha value is -2.34. The fourth-order valence-electron chi connectivity index (χ4n) is 2.40. The highest BCUT2D eigenvalue weighted by Gasteiger charge is 2.21. The predicted molar refractivity (Wildman–Crippen MR) is 85.0 cm³/mol. The number of para-hydroxylation sites is 1. The molecule has 22 heavy (non-hydrogen) atoms. The lowest BCUT2D eigenvalue weighted by Gasteiger charge is -2.11. The third-order valence-corrected chi connectivity index (χ3v) is 3.50. The van der Waals surface area contributed by atoms with E-state index in [9.17, 15) is 9.59 Å². The van der Waals surface area contributed by atoms with Gasteiger partial charge in [0.2, 0.25) is 0 Å². The molecule has 1 aromatic carbocycles. The summed E-state index contributed by atoms with van der Waals surface area (Å²) in [4.78, 5) is 25.4. The van der Waals surface area contributed by atoms with E-state index in [0.717, 1.165) is 29.4 Å². The Kier molecular flexibility index (Phi) is 4.82. The van der Waals surface area contributed by atoms with E-state index in [0.29, 0.717) is 0 Å². The highest BCUT2D eigenvalue weighted by molar-refractivity contribution is 5.96. The molecular formula is C16H21N3O3. The number of carbonyl (C=O) groups is 2. The fraction of sp³-hybridized carbons (Fsp3) is 0.375. The van der Waals surface area contributed by atoms with E-state index in [-0.39, 0.29) is 5.91 Å². The number of hydrogen-bond donors (Lipinski definition) is 1. The molecule has 2 N–H and O–H groups in total. The van der Waals surface area contributed by atoms with E-state index in [1.165, 1.54) is 11.5 Å². The molecule has 0 fully saturated rings. The number of likely N-dealkylation sites (N-methyl/N-ethyl adjacent to an activating group) is 1. The zero-order valence-electron chi connectivity index (χ0n) is 13.1. The van der Waals surface area contributed by atoms with E-state index in [1.807, 2.05) is 44.6 Å². The van der Waals surface area contributed by atoms with Crippen molar-refractivity contribution in [1.82, 2.24) is 9.47 Å². The summed E-state index contributed by atoms with van der Waals surface area (Å²) in [7, 11) is 4.01. The maximum atomic E-state index is 12.5. The monoisotopic (exact) mass is 303 g/mol. The molecule has 0 saturated heterocycles. The molecular weight excluding hydrogens is 282 g/mol. The Bertz CT molecular complexity index is 691. The van der Waals surface area contributed by atoms with Gasteiger partial charge in [0, 0.05) is 18.1 Å². The first-order chi connectivity index (χ1) is 10.4. The van der Waals surface area contributed by atoms with Crippen LogP contribution in [0.5, 0.6) is 0 Å². The van der Waals surface area contributed by atoms with Gasteiger partial charge in [0.1, 0.15) is 0 Å². The van der Waals surface area contributed by atoms with Gasteiger partial charge in [-0.1, -0.05) is 18.2 Å². The lowest BCUT2D eigenvalue weighted by molar-refractivity contribution is 0.0616. The van der Waals surface area contributed by atoms with Gasteiger partial charge in [-0.3, -0.25) is 9.36 Å². The summed E-state index contributed by atoms with van der Waals surface area (Å²) in [5, 5.41) is 1.03. The summed E-state index contributed by atoms with van der Waals surface area (Å²) < 4.78 is 6.32. The van der Waals surface area contributed by atoms with Gasteiger partial charge in [-0.05, 0) is 39.1 Å². The van der Waals surface area contributed by atoms with Gasteiger partial charge in [0.15, 0.2) is 6.10 Å². The molecule has 6 heteroatoms. The van der Waals surface area contributed by atoms with Crippen LogP contribution in [0.15, 0.2) is 30.5 Å². The fourth-order valence-corrected chi connectivity index (χ4v) is 2.40. The van der Waals surface area contributed by atoms with E-state index < -0.39 is 12.2 Å². The number of benzene rings is 1. The van der Waals surface area contributed by atoms with E-state index >= 15 is 0 Å². The summed E-state index contributed by atoms with van der Waals surface area (Å²) >= 11 is 0. The minimum atomic E-state index is -0.954. The molecule has 6 nitrogen and oxygen atoms in total. The van der Waals surface area contributed by atoms with Gasteiger partial charge in [0.05, 0.1) is 5.52 Å². The van der Waals surface area contributed by atoms with Crippen molar-refractivity contribution in [3.63, 3.8) is 0 Å². The molecule has 2 aromatic rings. The molecule has 0 bridgehead atoms. The quantitative estimate of drug-likeness (QED) is 0.914. The molecule has 1 heterocycles. The van der Waals surface area contributed by atoms with Crippen LogP contribution in [-0.2, 0) is 11.2 Å². The molecule has 118 valence electrons. The number of carbonyl (C=O) groups excluding carboxylic acids is 2. The summed E-state index contributed by atoms with van der Waals surface area (Å²) in [5.41, 5.74) is 6.87. The molecule has 2 rings (SSSR count). The van der Waals surface area contributed by atoms with E-state index in [1.54, 1.807) is 0 Å². The third-order valence-electron chi connectivity index (χ3n) is 3.50. The van der Waals surface area contributed by atoms with Gasteiger partial charge >= 0.3 is 6.09 Å². The molecule has 1 aromatic heterocycles. The molecule has 0 aliphatic carbocycles. The second-order valence-electron chi connectivity index (χ2n) is 5.51. The first-order valence-electron chi connectivity index (χ1n) is 7.14. The molecule has 0 radical (unpaired) electrons. The van der Waals surface area contributed by atoms with Crippen LogP contribution in [0.4, 0.5) is 4.79 Å². The molecule has 0 spiro atoms. The third kappa shape index (κ3) is 3.46. The summed E-state index contributed by atoms with van der Waals surface area (Å²) in [6, 6.07) is 7.69. The topological polar surface area (TPSA) is 77.6 Å². The lowest BCUT2D eigenvalue weighted by atomic mass is 10.1. The molecule has 1 atom stereocenters. The van der Waals surface area contributed by atoms with Gasteiger partial charge in [-0.25, -0.2) is 4.79 Å². The Labute approximate surface area is 129 Å². The maximum Gasteiger partial charge on any atom is 0.405 e. The Balaban J connectivity index is 2.37. The number of hydrogen-bond acceptors (Lipinski definition) is 4. The normalized spacial score (nSPS) is 12.5. The van der Waals surface area contributed by atoms with Crippen molar-refractivity contribution >= 4 is 22.9 Å². The first kappa shape index (κ1) is 16.0. The van der Waals surface area contributed by atoms with Crippen LogP contribution >= 0.6 is 0 Å². The van der Waals surface area contributed by atoms with Crippen LogP contribution in [0.25, 0.3) is 10.9 Å². The van der Waals surface area contributed by atoms with Crippen LogP contribution in [0.2, 0.25) is 0 Å². The van der Waals surface area contributed by atoms with Crippen molar-refractivity contribution < 1.29 is 14.3 Å². The maximum absolute atomic E-state index is 12.5. The Morgan fingerprint density at radius 1 is 1.32 bits per heavy atom. The number of fused-ring (bicyclic) bond motifs is 1. The van der Waals surface area contributed by atoms with Gasteiger partial charge < -0.3 is 15.4 Å². The number of ether oxygens (including phenoxy) is 1. The second kappa shape index (κ2) is 6.62. The Morgan fingerprint density at radius 3 is 2.64 bits per heavy atom. The molecule has 0 aliphatic heterocycles. The number of primary amides is 1. The van der Waals surface area contributed by atoms with Crippen molar-refractivity contribution in [3.8, 4) is 0 Å². The first-order valence-corrected chi connectivity index (χ1v) is 7.14. The van der Waals surface area contributed by atoms with Crippen LogP contribution in [0.3, 0.4) is 0 Å². The summed E-state index contributed by atoms with van der Waals surface area (Å²) in [6.07, 6.45) is 0.774. The number of nitrogens with two attached hydrogens (primary N) is 1. The molecule has 0 saturated carbocycles. The highest BCUT2D eigenvalue weighted by atomic mass is 16.6. The predicted octanol–water partition coefficient (Wildman–Crippen LogP) is 1.87. The molecule has 1 amide bonds. The van der Waals surface area contributed by atoms with E-state index in [2.05, 4.69) is 4.90 Å². The SMILES string of the molecule is C[C@H](OC(N)=O)C(=O)n1cc(CCN(C)C)c2ccccc21. The van der Waals surface area contributed by atoms with Gasteiger partial charge in [-0.2, -0.15) is 0 Å². The number of amides is 1. The molecule has 0 aliphatic rings. The summed E-state index contributed by atoms with van der Waals surface area (Å²) in [5.74, 6) is -0.314. The van der Waals surface area contributed by atoms with Crippen LogP contribution in [-0.4, -0.2) is 48.2 Å². The van der Waals surface area contributed by atoms with Crippen LogP contribution < -0.4 is 5.73 Å². The minimum absolute atomic E-state index is 0.314. The zero-order valence-corrected chi connectivity index (χ0v) is 13.1. The van der Waals surface area contributed by atoms with Crippen molar-refractivity contribution in [2.45, 2.75) is 19.4 Å². The average Bonchev–Trinajstić information content (AvgIpc) is 2.82.